The Morgan fingerprint density at radius 1 is 0.765 bits per heavy atom. The molecule has 0 N–H and O–H groups in total. The average Bonchev–Trinajstić information content (AvgIpc) is 3.09. The normalized spacial score (nSPS) is 18.5. The van der Waals surface area contributed by atoms with Crippen LogP contribution in [0.5, 0.6) is 0 Å². The molecule has 1 heterocycles. The summed E-state index contributed by atoms with van der Waals surface area (Å²) in [5, 5.41) is 0. The number of unbranched alkanes of at least 4 members (excludes halogenated alkanes) is 6. The van der Waals surface area contributed by atoms with E-state index in [9.17, 15) is 14.4 Å². The van der Waals surface area contributed by atoms with Crippen molar-refractivity contribution in [2.45, 2.75) is 151 Å². The first-order valence-electron chi connectivity index (χ1n) is 14.6. The molecule has 2 amide bonds. The molecule has 1 saturated heterocycles. The highest BCUT2D eigenvalue weighted by Crippen LogP contribution is 2.44. The van der Waals surface area contributed by atoms with Gasteiger partial charge >= 0.3 is 0 Å². The minimum Gasteiger partial charge on any atom is -0.299 e. The maximum atomic E-state index is 13.3. The fraction of sp³-hybridized carbons (Fsp3) is 0.900. The number of amides is 2. The first-order valence-corrected chi connectivity index (χ1v) is 14.6. The number of rotatable bonds is 20. The van der Waals surface area contributed by atoms with E-state index in [1.807, 2.05) is 0 Å². The number of imide groups is 1. The van der Waals surface area contributed by atoms with Gasteiger partial charge in [-0.25, -0.2) is 0 Å². The summed E-state index contributed by atoms with van der Waals surface area (Å²) in [5.41, 5.74) is -0.252. The van der Waals surface area contributed by atoms with E-state index in [0.717, 1.165) is 77.0 Å². The van der Waals surface area contributed by atoms with E-state index in [0.29, 0.717) is 25.2 Å². The first kappa shape index (κ1) is 30.8. The molecule has 0 spiro atoms. The number of likely N-dealkylation sites (tertiary alicyclic amines) is 1. The van der Waals surface area contributed by atoms with Crippen molar-refractivity contribution in [2.24, 2.45) is 16.7 Å². The van der Waals surface area contributed by atoms with Crippen LogP contribution in [0.3, 0.4) is 0 Å². The van der Waals surface area contributed by atoms with Crippen LogP contribution in [-0.2, 0) is 14.4 Å². The van der Waals surface area contributed by atoms with Crippen LogP contribution < -0.4 is 0 Å². The maximum Gasteiger partial charge on any atom is 0.233 e. The Morgan fingerprint density at radius 3 is 1.94 bits per heavy atom. The minimum atomic E-state index is -0.183. The average molecular weight is 478 g/mol. The molecule has 1 aliphatic heterocycles. The standard InChI is InChI=1S/C30H55NO3/c1-7-11-13-16-22-29(5,21-12-8-2)25-24-27(33)31(28(25)34)23-17-14-15-18-26(32)30(6,19-9-3)20-10-4/h25H,7-24H2,1-6H3. The summed E-state index contributed by atoms with van der Waals surface area (Å²) in [7, 11) is 0. The number of ketones is 1. The van der Waals surface area contributed by atoms with Crippen LogP contribution in [0.15, 0.2) is 0 Å². The van der Waals surface area contributed by atoms with Crippen LogP contribution in [0.4, 0.5) is 0 Å². The topological polar surface area (TPSA) is 54.5 Å². The highest BCUT2D eigenvalue weighted by atomic mass is 16.2. The van der Waals surface area contributed by atoms with Crippen LogP contribution in [0.2, 0.25) is 0 Å². The molecule has 1 rings (SSSR count). The maximum absolute atomic E-state index is 13.3. The second kappa shape index (κ2) is 15.7. The number of carbonyl (C=O) groups is 3. The lowest BCUT2D eigenvalue weighted by Gasteiger charge is -2.34. The molecule has 0 aromatic heterocycles. The summed E-state index contributed by atoms with van der Waals surface area (Å²) in [4.78, 5) is 40.5. The second-order valence-electron chi connectivity index (χ2n) is 11.5. The predicted octanol–water partition coefficient (Wildman–Crippen LogP) is 8.26. The zero-order valence-electron chi connectivity index (χ0n) is 23.5. The van der Waals surface area contributed by atoms with Crippen LogP contribution >= 0.6 is 0 Å². The van der Waals surface area contributed by atoms with Crippen molar-refractivity contribution in [1.82, 2.24) is 4.90 Å². The Morgan fingerprint density at radius 2 is 1.35 bits per heavy atom. The van der Waals surface area contributed by atoms with Gasteiger partial charge in [0.05, 0.1) is 5.92 Å². The predicted molar refractivity (Wildman–Crippen MR) is 143 cm³/mol. The molecule has 34 heavy (non-hydrogen) atoms. The number of carbonyl (C=O) groups excluding carboxylic acids is 3. The molecule has 0 aromatic carbocycles. The highest BCUT2D eigenvalue weighted by molar-refractivity contribution is 6.03. The third-order valence-corrected chi connectivity index (χ3v) is 8.35. The second-order valence-corrected chi connectivity index (χ2v) is 11.5. The molecule has 0 saturated carbocycles. The van der Waals surface area contributed by atoms with Gasteiger partial charge in [-0.15, -0.1) is 0 Å². The SMILES string of the molecule is CCCCCCC(C)(CCCC)C1CC(=O)N(CCCCCC(=O)C(C)(CCC)CCC)C1=O. The van der Waals surface area contributed by atoms with Crippen molar-refractivity contribution in [2.75, 3.05) is 6.54 Å². The number of Topliss-reactive ketones (excluding diaryl/α,β-unsaturated/α-hetero) is 1. The molecule has 1 aliphatic rings. The van der Waals surface area contributed by atoms with Gasteiger partial charge in [-0.1, -0.05) is 99.3 Å². The summed E-state index contributed by atoms with van der Waals surface area (Å²) in [6.07, 6.45) is 16.7. The summed E-state index contributed by atoms with van der Waals surface area (Å²) in [6, 6.07) is 0. The Balaban J connectivity index is 2.59. The lowest BCUT2D eigenvalue weighted by Crippen LogP contribution is -2.37. The molecule has 4 nitrogen and oxygen atoms in total. The summed E-state index contributed by atoms with van der Waals surface area (Å²) in [5.74, 6) is 0.312. The van der Waals surface area contributed by atoms with E-state index < -0.39 is 0 Å². The molecule has 4 heteroatoms. The lowest BCUT2D eigenvalue weighted by molar-refractivity contribution is -0.141. The largest absolute Gasteiger partial charge is 0.299 e. The minimum absolute atomic E-state index is 0.0147. The Hall–Kier alpha value is -1.19. The van der Waals surface area contributed by atoms with Gasteiger partial charge in [0.1, 0.15) is 5.78 Å². The van der Waals surface area contributed by atoms with Gasteiger partial charge in [0.2, 0.25) is 11.8 Å². The van der Waals surface area contributed by atoms with E-state index in [-0.39, 0.29) is 28.6 Å². The van der Waals surface area contributed by atoms with Gasteiger partial charge < -0.3 is 0 Å². The summed E-state index contributed by atoms with van der Waals surface area (Å²) >= 11 is 0. The molecule has 198 valence electrons. The monoisotopic (exact) mass is 477 g/mol. The van der Waals surface area contributed by atoms with Crippen LogP contribution in [0.25, 0.3) is 0 Å². The van der Waals surface area contributed by atoms with Crippen LogP contribution in [0.1, 0.15) is 151 Å². The fourth-order valence-corrected chi connectivity index (χ4v) is 6.01. The van der Waals surface area contributed by atoms with Gasteiger partial charge in [0.25, 0.3) is 0 Å². The molecule has 2 atom stereocenters. The van der Waals surface area contributed by atoms with Crippen LogP contribution in [-0.4, -0.2) is 29.0 Å². The Kier molecular flexibility index (Phi) is 14.3. The molecule has 0 bridgehead atoms. The van der Waals surface area contributed by atoms with E-state index in [1.54, 1.807) is 4.90 Å². The zero-order chi connectivity index (χ0) is 25.6. The number of hydrogen-bond acceptors (Lipinski definition) is 3. The van der Waals surface area contributed by atoms with Gasteiger partial charge in [0, 0.05) is 24.8 Å². The van der Waals surface area contributed by atoms with E-state index in [1.165, 1.54) is 19.3 Å². The van der Waals surface area contributed by atoms with E-state index in [4.69, 9.17) is 0 Å². The quantitative estimate of drug-likeness (QED) is 0.131. The Labute approximate surface area is 211 Å². The molecule has 0 aromatic rings. The van der Waals surface area contributed by atoms with Gasteiger partial charge in [-0.3, -0.25) is 19.3 Å². The van der Waals surface area contributed by atoms with Crippen molar-refractivity contribution in [1.29, 1.82) is 0 Å². The van der Waals surface area contributed by atoms with Gasteiger partial charge in [-0.05, 0) is 43.9 Å². The lowest BCUT2D eigenvalue weighted by atomic mass is 9.69. The molecule has 0 radical (unpaired) electrons. The van der Waals surface area contributed by atoms with Gasteiger partial charge in [0.15, 0.2) is 0 Å². The summed E-state index contributed by atoms with van der Waals surface area (Å²) in [6.45, 7) is 13.6. The molecule has 2 unspecified atom stereocenters. The van der Waals surface area contributed by atoms with Crippen molar-refractivity contribution in [3.63, 3.8) is 0 Å². The summed E-state index contributed by atoms with van der Waals surface area (Å²) < 4.78 is 0. The van der Waals surface area contributed by atoms with Crippen molar-refractivity contribution in [3.8, 4) is 0 Å². The van der Waals surface area contributed by atoms with Crippen molar-refractivity contribution >= 4 is 17.6 Å². The fourth-order valence-electron chi connectivity index (χ4n) is 6.01. The first-order chi connectivity index (χ1) is 16.2. The third-order valence-electron chi connectivity index (χ3n) is 8.35. The smallest absolute Gasteiger partial charge is 0.233 e. The number of hydrogen-bond donors (Lipinski definition) is 0. The molecule has 1 fully saturated rings. The Bertz CT molecular complexity index is 623. The van der Waals surface area contributed by atoms with Crippen molar-refractivity contribution in [3.05, 3.63) is 0 Å². The van der Waals surface area contributed by atoms with E-state index >= 15 is 0 Å². The zero-order valence-corrected chi connectivity index (χ0v) is 23.5. The molecular formula is C30H55NO3. The van der Waals surface area contributed by atoms with Crippen LogP contribution in [0, 0.1) is 16.7 Å². The highest BCUT2D eigenvalue weighted by Gasteiger charge is 2.47. The number of nitrogens with zero attached hydrogens (tertiary/aromatic N) is 1. The molecular weight excluding hydrogens is 422 g/mol. The van der Waals surface area contributed by atoms with E-state index in [2.05, 4.69) is 41.5 Å². The third kappa shape index (κ3) is 9.11. The van der Waals surface area contributed by atoms with Gasteiger partial charge in [-0.2, -0.15) is 0 Å². The molecule has 0 aliphatic carbocycles. The van der Waals surface area contributed by atoms with Crippen molar-refractivity contribution < 1.29 is 14.4 Å².